The molecule has 1 N–H and O–H groups in total. The average molecular weight is 413 g/mol. The Morgan fingerprint density at radius 3 is 2.41 bits per heavy atom. The Bertz CT molecular complexity index is 1070. The van der Waals surface area contributed by atoms with Crippen LogP contribution in [0.2, 0.25) is 0 Å². The van der Waals surface area contributed by atoms with E-state index in [0.29, 0.717) is 31.6 Å². The van der Waals surface area contributed by atoms with E-state index < -0.39 is 16.0 Å². The van der Waals surface area contributed by atoms with Crippen molar-refractivity contribution in [3.05, 3.63) is 78.1 Å². The molecule has 1 aliphatic rings. The molecule has 1 saturated heterocycles. The van der Waals surface area contributed by atoms with Gasteiger partial charge in [0.05, 0.1) is 5.69 Å². The normalized spacial score (nSPS) is 17.4. The Morgan fingerprint density at radius 2 is 1.69 bits per heavy atom. The molecule has 4 rings (SSSR count). The zero-order valence-corrected chi connectivity index (χ0v) is 16.9. The molecular formula is C22H24N2O4S. The van der Waals surface area contributed by atoms with Crippen molar-refractivity contribution in [2.75, 3.05) is 19.6 Å². The highest BCUT2D eigenvalue weighted by molar-refractivity contribution is 7.80. The molecule has 0 unspecified atom stereocenters. The molecule has 0 spiro atoms. The van der Waals surface area contributed by atoms with Crippen LogP contribution in [0.4, 0.5) is 0 Å². The van der Waals surface area contributed by atoms with E-state index in [-0.39, 0.29) is 0 Å². The summed E-state index contributed by atoms with van der Waals surface area (Å²) < 4.78 is 38.2. The monoisotopic (exact) mass is 412 g/mol. The summed E-state index contributed by atoms with van der Waals surface area (Å²) >= 11 is 0. The molecular weight excluding hydrogens is 388 g/mol. The zero-order valence-electron chi connectivity index (χ0n) is 16.1. The molecule has 0 radical (unpaired) electrons. The lowest BCUT2D eigenvalue weighted by molar-refractivity contribution is -0.00747. The third-order valence-corrected chi connectivity index (χ3v) is 6.12. The minimum Gasteiger partial charge on any atom is -0.303 e. The van der Waals surface area contributed by atoms with Gasteiger partial charge in [-0.1, -0.05) is 54.6 Å². The zero-order chi connectivity index (χ0) is 20.3. The van der Waals surface area contributed by atoms with Crippen molar-refractivity contribution in [1.82, 2.24) is 9.88 Å². The second kappa shape index (κ2) is 8.20. The van der Waals surface area contributed by atoms with Crippen LogP contribution in [-0.2, 0) is 26.6 Å². The molecule has 152 valence electrons. The number of fused-ring (bicyclic) bond motifs is 1. The molecule has 0 atom stereocenters. The molecule has 0 amide bonds. The summed E-state index contributed by atoms with van der Waals surface area (Å²) in [7, 11) is -4.63. The third-order valence-electron chi connectivity index (χ3n) is 5.59. The lowest BCUT2D eigenvalue weighted by Gasteiger charge is -2.40. The Morgan fingerprint density at radius 1 is 1.00 bits per heavy atom. The van der Waals surface area contributed by atoms with Crippen LogP contribution in [0.1, 0.15) is 24.1 Å². The molecule has 2 heterocycles. The fraction of sp³-hybridized carbons (Fsp3) is 0.318. The maximum absolute atomic E-state index is 11.7. The summed E-state index contributed by atoms with van der Waals surface area (Å²) in [5, 5.41) is 1.80. The van der Waals surface area contributed by atoms with Crippen LogP contribution in [-0.4, -0.2) is 42.5 Å². The highest BCUT2D eigenvalue weighted by Gasteiger charge is 2.43. The molecule has 2 aromatic carbocycles. The SMILES string of the molecule is O=S(=O)(O)OC1(c2nccc3ccccc23)CCN(CCc2ccccc2)CC1. The van der Waals surface area contributed by atoms with Gasteiger partial charge in [0, 0.05) is 31.2 Å². The van der Waals surface area contributed by atoms with Crippen LogP contribution in [0.3, 0.4) is 0 Å². The first kappa shape index (κ1) is 20.0. The molecule has 0 bridgehead atoms. The van der Waals surface area contributed by atoms with Gasteiger partial charge in [-0.25, -0.2) is 4.18 Å². The Kier molecular flexibility index (Phi) is 5.65. The van der Waals surface area contributed by atoms with E-state index in [1.54, 1.807) is 6.20 Å². The third kappa shape index (κ3) is 4.64. The number of nitrogens with zero attached hydrogens (tertiary/aromatic N) is 2. The first-order valence-corrected chi connectivity index (χ1v) is 11.1. The Hall–Kier alpha value is -2.32. The van der Waals surface area contributed by atoms with Crippen LogP contribution >= 0.6 is 0 Å². The number of aromatic nitrogens is 1. The number of piperidine rings is 1. The second-order valence-corrected chi connectivity index (χ2v) is 8.49. The minimum atomic E-state index is -4.63. The number of rotatable bonds is 6. The van der Waals surface area contributed by atoms with Gasteiger partial charge in [-0.2, -0.15) is 8.42 Å². The molecule has 1 aromatic heterocycles. The fourth-order valence-corrected chi connectivity index (χ4v) is 4.76. The minimum absolute atomic E-state index is 0.433. The van der Waals surface area contributed by atoms with Gasteiger partial charge in [0.2, 0.25) is 0 Å². The van der Waals surface area contributed by atoms with Crippen LogP contribution in [0, 0.1) is 0 Å². The van der Waals surface area contributed by atoms with Gasteiger partial charge in [-0.05, 0) is 36.3 Å². The number of hydrogen-bond donors (Lipinski definition) is 1. The number of pyridine rings is 1. The molecule has 29 heavy (non-hydrogen) atoms. The Labute approximate surface area is 171 Å². The summed E-state index contributed by atoms with van der Waals surface area (Å²) in [5.74, 6) is 0. The summed E-state index contributed by atoms with van der Waals surface area (Å²) in [6.07, 6.45) is 3.46. The van der Waals surface area contributed by atoms with Crippen molar-refractivity contribution in [2.45, 2.75) is 24.9 Å². The van der Waals surface area contributed by atoms with E-state index in [4.69, 9.17) is 4.18 Å². The van der Waals surface area contributed by atoms with Gasteiger partial charge >= 0.3 is 10.4 Å². The van der Waals surface area contributed by atoms with E-state index in [0.717, 1.165) is 23.7 Å². The van der Waals surface area contributed by atoms with Crippen molar-refractivity contribution in [1.29, 1.82) is 0 Å². The quantitative estimate of drug-likeness (QED) is 0.624. The van der Waals surface area contributed by atoms with E-state index in [2.05, 4.69) is 22.0 Å². The van der Waals surface area contributed by atoms with Gasteiger partial charge in [0.1, 0.15) is 5.60 Å². The van der Waals surface area contributed by atoms with Crippen LogP contribution in [0.25, 0.3) is 10.8 Å². The molecule has 0 saturated carbocycles. The van der Waals surface area contributed by atoms with Crippen molar-refractivity contribution >= 4 is 21.2 Å². The van der Waals surface area contributed by atoms with Gasteiger partial charge < -0.3 is 4.90 Å². The topological polar surface area (TPSA) is 79.7 Å². The largest absolute Gasteiger partial charge is 0.398 e. The lowest BCUT2D eigenvalue weighted by Crippen LogP contribution is -2.46. The molecule has 7 heteroatoms. The molecule has 3 aromatic rings. The van der Waals surface area contributed by atoms with Crippen LogP contribution in [0.5, 0.6) is 0 Å². The summed E-state index contributed by atoms with van der Waals surface area (Å²) in [5.41, 5.74) is 0.669. The molecule has 0 aliphatic carbocycles. The smallest absolute Gasteiger partial charge is 0.303 e. The fourth-order valence-electron chi connectivity index (χ4n) is 4.11. The standard InChI is InChI=1S/C22H24N2O4S/c25-29(26,27)28-22(21-20-9-5-4-8-19(20)10-14-23-21)12-16-24(17-13-22)15-11-18-6-2-1-3-7-18/h1-10,14H,11-13,15-17H2,(H,25,26,27). The van der Waals surface area contributed by atoms with Gasteiger partial charge in [0.25, 0.3) is 0 Å². The second-order valence-electron chi connectivity index (χ2n) is 7.46. The van der Waals surface area contributed by atoms with E-state index >= 15 is 0 Å². The highest BCUT2D eigenvalue weighted by atomic mass is 32.3. The van der Waals surface area contributed by atoms with Crippen molar-refractivity contribution in [2.24, 2.45) is 0 Å². The summed E-state index contributed by atoms with van der Waals surface area (Å²) in [6.45, 7) is 2.20. The molecule has 6 nitrogen and oxygen atoms in total. The predicted molar refractivity (Wildman–Crippen MR) is 112 cm³/mol. The first-order chi connectivity index (χ1) is 14.0. The van der Waals surface area contributed by atoms with E-state index in [1.165, 1.54) is 5.56 Å². The maximum atomic E-state index is 11.7. The van der Waals surface area contributed by atoms with Crippen LogP contribution < -0.4 is 0 Å². The predicted octanol–water partition coefficient (Wildman–Crippen LogP) is 3.59. The molecule has 1 aliphatic heterocycles. The van der Waals surface area contributed by atoms with E-state index in [9.17, 15) is 13.0 Å². The van der Waals surface area contributed by atoms with Crippen molar-refractivity contribution < 1.29 is 17.2 Å². The summed E-state index contributed by atoms with van der Waals surface area (Å²) in [6, 6.07) is 19.8. The highest BCUT2D eigenvalue weighted by Crippen LogP contribution is 2.40. The average Bonchev–Trinajstić information content (AvgIpc) is 2.72. The van der Waals surface area contributed by atoms with E-state index in [1.807, 2.05) is 48.5 Å². The van der Waals surface area contributed by atoms with Gasteiger partial charge in [-0.3, -0.25) is 9.54 Å². The summed E-state index contributed by atoms with van der Waals surface area (Å²) in [4.78, 5) is 6.78. The number of likely N-dealkylation sites (tertiary alicyclic amines) is 1. The van der Waals surface area contributed by atoms with Crippen molar-refractivity contribution in [3.63, 3.8) is 0 Å². The number of benzene rings is 2. The Balaban J connectivity index is 1.57. The number of hydrogen-bond acceptors (Lipinski definition) is 5. The van der Waals surface area contributed by atoms with Crippen LogP contribution in [0.15, 0.2) is 66.9 Å². The molecule has 1 fully saturated rings. The lowest BCUT2D eigenvalue weighted by atomic mass is 9.85. The van der Waals surface area contributed by atoms with Gasteiger partial charge in [0.15, 0.2) is 0 Å². The first-order valence-electron chi connectivity index (χ1n) is 9.74. The maximum Gasteiger partial charge on any atom is 0.398 e. The van der Waals surface area contributed by atoms with Gasteiger partial charge in [-0.15, -0.1) is 0 Å². The van der Waals surface area contributed by atoms with Crippen molar-refractivity contribution in [3.8, 4) is 0 Å².